The predicted octanol–water partition coefficient (Wildman–Crippen LogP) is 4.35. The number of hydrogen-bond donors (Lipinski definition) is 0. The van der Waals surface area contributed by atoms with Gasteiger partial charge in [0.25, 0.3) is 11.6 Å². The first-order valence-electron chi connectivity index (χ1n) is 10.8. The molecule has 0 aliphatic carbocycles. The number of carbonyl (C=O) groups is 1. The van der Waals surface area contributed by atoms with E-state index in [1.54, 1.807) is 28.8 Å². The van der Waals surface area contributed by atoms with E-state index in [1.807, 2.05) is 37.3 Å². The van der Waals surface area contributed by atoms with Crippen LogP contribution >= 0.6 is 0 Å². The number of nitrogens with zero attached hydrogens (tertiary/aromatic N) is 6. The highest BCUT2D eigenvalue weighted by molar-refractivity contribution is 6.08. The molecule has 5 aromatic rings. The second-order valence-electron chi connectivity index (χ2n) is 7.85. The smallest absolute Gasteiger partial charge is 0.270 e. The van der Waals surface area contributed by atoms with Crippen molar-refractivity contribution in [3.63, 3.8) is 0 Å². The molecule has 0 spiro atoms. The summed E-state index contributed by atoms with van der Waals surface area (Å²) in [5.41, 5.74) is 1.81. The predicted molar refractivity (Wildman–Crippen MR) is 130 cm³/mol. The van der Waals surface area contributed by atoms with Gasteiger partial charge in [-0.2, -0.15) is 9.61 Å². The maximum Gasteiger partial charge on any atom is 0.270 e. The standard InChI is InChI=1S/C25H20N6O4/c1-16-19-10-6-7-11-20(19)24-27-26-23(30(24)28-16)15-29(17-8-4-3-5-9-17)25(32)21-14-18(31(33)34)12-13-22(21)35-2/h3-14H,15H2,1-2H3. The summed E-state index contributed by atoms with van der Waals surface area (Å²) < 4.78 is 6.97. The second kappa shape index (κ2) is 8.82. The molecule has 0 N–H and O–H groups in total. The SMILES string of the molecule is COc1ccc([N+](=O)[O-])cc1C(=O)N(Cc1nnc2c3ccccc3c(C)nn12)c1ccccc1. The summed E-state index contributed by atoms with van der Waals surface area (Å²) >= 11 is 0. The number of ether oxygens (including phenoxy) is 1. The molecule has 5 rings (SSSR count). The zero-order valence-electron chi connectivity index (χ0n) is 19.0. The Balaban J connectivity index is 1.63. The number of fused-ring (bicyclic) bond motifs is 3. The Bertz CT molecular complexity index is 1580. The molecule has 1 amide bonds. The van der Waals surface area contributed by atoms with Crippen molar-refractivity contribution in [3.05, 3.63) is 100.0 Å². The van der Waals surface area contributed by atoms with Gasteiger partial charge < -0.3 is 9.64 Å². The first-order chi connectivity index (χ1) is 17.0. The molecule has 0 saturated carbocycles. The number of non-ortho nitro benzene ring substituents is 1. The van der Waals surface area contributed by atoms with Crippen LogP contribution in [0.3, 0.4) is 0 Å². The van der Waals surface area contributed by atoms with Gasteiger partial charge in [-0.25, -0.2) is 0 Å². The van der Waals surface area contributed by atoms with E-state index in [0.29, 0.717) is 17.2 Å². The Morgan fingerprint density at radius 1 is 1.03 bits per heavy atom. The van der Waals surface area contributed by atoms with Gasteiger partial charge in [-0.05, 0) is 25.1 Å². The Kier molecular flexibility index (Phi) is 5.54. The van der Waals surface area contributed by atoms with E-state index in [-0.39, 0.29) is 23.5 Å². The monoisotopic (exact) mass is 468 g/mol. The van der Waals surface area contributed by atoms with Crippen molar-refractivity contribution in [2.75, 3.05) is 12.0 Å². The number of benzene rings is 3. The van der Waals surface area contributed by atoms with Crippen LogP contribution in [0.15, 0.2) is 72.8 Å². The minimum Gasteiger partial charge on any atom is -0.496 e. The zero-order chi connectivity index (χ0) is 24.5. The lowest BCUT2D eigenvalue weighted by Crippen LogP contribution is -2.31. The fraction of sp³-hybridized carbons (Fsp3) is 0.120. The van der Waals surface area contributed by atoms with Crippen LogP contribution < -0.4 is 9.64 Å². The number of hydrogen-bond acceptors (Lipinski definition) is 7. The molecule has 0 aliphatic rings. The van der Waals surface area contributed by atoms with Crippen LogP contribution in [-0.2, 0) is 6.54 Å². The number of nitro groups is 1. The Labute approximate surface area is 199 Å². The maximum absolute atomic E-state index is 13.8. The Morgan fingerprint density at radius 2 is 1.74 bits per heavy atom. The van der Waals surface area contributed by atoms with Crippen molar-refractivity contribution in [2.24, 2.45) is 0 Å². The number of amides is 1. The molecule has 2 heterocycles. The molecule has 0 atom stereocenters. The van der Waals surface area contributed by atoms with Crippen LogP contribution in [0.5, 0.6) is 5.75 Å². The van der Waals surface area contributed by atoms with Gasteiger partial charge in [-0.1, -0.05) is 42.5 Å². The van der Waals surface area contributed by atoms with E-state index >= 15 is 0 Å². The van der Waals surface area contributed by atoms with Crippen LogP contribution in [0.1, 0.15) is 21.9 Å². The lowest BCUT2D eigenvalue weighted by Gasteiger charge is -2.23. The lowest BCUT2D eigenvalue weighted by molar-refractivity contribution is -0.384. The molecule has 0 radical (unpaired) electrons. The molecular weight excluding hydrogens is 448 g/mol. The van der Waals surface area contributed by atoms with E-state index in [1.165, 1.54) is 30.2 Å². The van der Waals surface area contributed by atoms with Crippen molar-refractivity contribution in [1.29, 1.82) is 0 Å². The molecule has 0 unspecified atom stereocenters. The molecule has 0 aliphatic heterocycles. The van der Waals surface area contributed by atoms with Gasteiger partial charge in [-0.3, -0.25) is 14.9 Å². The number of aromatic nitrogens is 4. The summed E-state index contributed by atoms with van der Waals surface area (Å²) in [6.45, 7) is 1.93. The van der Waals surface area contributed by atoms with E-state index < -0.39 is 10.8 Å². The molecule has 0 saturated heterocycles. The molecule has 2 aromatic heterocycles. The minimum atomic E-state index is -0.549. The van der Waals surface area contributed by atoms with Crippen LogP contribution in [0.25, 0.3) is 16.4 Å². The fourth-order valence-electron chi connectivity index (χ4n) is 4.03. The third kappa shape index (κ3) is 3.90. The summed E-state index contributed by atoms with van der Waals surface area (Å²) in [5.74, 6) is 0.189. The minimum absolute atomic E-state index is 0.0284. The number of rotatable bonds is 6. The van der Waals surface area contributed by atoms with Crippen LogP contribution in [0, 0.1) is 17.0 Å². The van der Waals surface area contributed by atoms with Crippen molar-refractivity contribution in [2.45, 2.75) is 13.5 Å². The van der Waals surface area contributed by atoms with Gasteiger partial charge in [0, 0.05) is 28.6 Å². The molecule has 10 nitrogen and oxygen atoms in total. The van der Waals surface area contributed by atoms with E-state index in [2.05, 4.69) is 15.3 Å². The summed E-state index contributed by atoms with van der Waals surface area (Å²) in [4.78, 5) is 26.1. The summed E-state index contributed by atoms with van der Waals surface area (Å²) in [6, 6.07) is 20.7. The first kappa shape index (κ1) is 22.0. The molecule has 35 heavy (non-hydrogen) atoms. The normalized spacial score (nSPS) is 11.0. The molecule has 174 valence electrons. The number of nitro benzene ring substituents is 1. The highest BCUT2D eigenvalue weighted by Gasteiger charge is 2.26. The van der Waals surface area contributed by atoms with E-state index in [0.717, 1.165) is 16.5 Å². The number of methoxy groups -OCH3 is 1. The number of anilines is 1. The third-order valence-corrected chi connectivity index (χ3v) is 5.75. The van der Waals surface area contributed by atoms with Gasteiger partial charge in [0.1, 0.15) is 5.75 Å². The van der Waals surface area contributed by atoms with Crippen LogP contribution in [0.4, 0.5) is 11.4 Å². The third-order valence-electron chi connectivity index (χ3n) is 5.75. The summed E-state index contributed by atoms with van der Waals surface area (Å²) in [6.07, 6.45) is 0. The van der Waals surface area contributed by atoms with E-state index in [9.17, 15) is 14.9 Å². The number of carbonyl (C=O) groups excluding carboxylic acids is 1. The molecular formula is C25H20N6O4. The van der Waals surface area contributed by atoms with Crippen LogP contribution in [-0.4, -0.2) is 37.8 Å². The van der Waals surface area contributed by atoms with Gasteiger partial charge in [0.2, 0.25) is 0 Å². The quantitative estimate of drug-likeness (QED) is 0.269. The second-order valence-corrected chi connectivity index (χ2v) is 7.85. The van der Waals surface area contributed by atoms with Gasteiger partial charge in [-0.15, -0.1) is 10.2 Å². The topological polar surface area (TPSA) is 116 Å². The Morgan fingerprint density at radius 3 is 2.46 bits per heavy atom. The average molecular weight is 468 g/mol. The van der Waals surface area contributed by atoms with Crippen molar-refractivity contribution in [1.82, 2.24) is 19.8 Å². The largest absolute Gasteiger partial charge is 0.496 e. The molecule has 0 fully saturated rings. The van der Waals surface area contributed by atoms with Crippen LogP contribution in [0.2, 0.25) is 0 Å². The van der Waals surface area contributed by atoms with Crippen molar-refractivity contribution >= 4 is 33.7 Å². The fourth-order valence-corrected chi connectivity index (χ4v) is 4.03. The Hall–Kier alpha value is -4.86. The van der Waals surface area contributed by atoms with E-state index in [4.69, 9.17) is 4.74 Å². The van der Waals surface area contributed by atoms with Crippen molar-refractivity contribution < 1.29 is 14.5 Å². The number of aryl methyl sites for hydroxylation is 1. The van der Waals surface area contributed by atoms with Crippen molar-refractivity contribution in [3.8, 4) is 5.75 Å². The highest BCUT2D eigenvalue weighted by atomic mass is 16.6. The summed E-state index contributed by atoms with van der Waals surface area (Å²) in [7, 11) is 1.41. The summed E-state index contributed by atoms with van der Waals surface area (Å²) in [5, 5.41) is 26.6. The number of para-hydroxylation sites is 1. The zero-order valence-corrected chi connectivity index (χ0v) is 19.0. The van der Waals surface area contributed by atoms with Gasteiger partial charge in [0.15, 0.2) is 11.5 Å². The maximum atomic E-state index is 13.8. The highest BCUT2D eigenvalue weighted by Crippen LogP contribution is 2.29. The lowest BCUT2D eigenvalue weighted by atomic mass is 10.1. The van der Waals surface area contributed by atoms with Gasteiger partial charge in [0.05, 0.1) is 29.8 Å². The van der Waals surface area contributed by atoms with Gasteiger partial charge >= 0.3 is 0 Å². The first-order valence-corrected chi connectivity index (χ1v) is 10.8. The molecule has 10 heteroatoms. The average Bonchev–Trinajstić information content (AvgIpc) is 3.29. The molecule has 3 aromatic carbocycles. The molecule has 0 bridgehead atoms.